The number of fused-ring (bicyclic) bond motifs is 1. The Morgan fingerprint density at radius 1 is 1.17 bits per heavy atom. The van der Waals surface area contributed by atoms with E-state index >= 15 is 0 Å². The molecule has 0 amide bonds. The van der Waals surface area contributed by atoms with Crippen molar-refractivity contribution in [1.29, 1.82) is 0 Å². The molecule has 0 fully saturated rings. The molecule has 1 aliphatic rings. The molecule has 2 aromatic rings. The van der Waals surface area contributed by atoms with Gasteiger partial charge in [-0.15, -0.1) is 0 Å². The van der Waals surface area contributed by atoms with Gasteiger partial charge in [0.05, 0.1) is 6.54 Å². The highest BCUT2D eigenvalue weighted by Gasteiger charge is 2.18. The van der Waals surface area contributed by atoms with Crippen LogP contribution in [-0.4, -0.2) is 21.4 Å². The molecule has 0 radical (unpaired) electrons. The van der Waals surface area contributed by atoms with E-state index in [0.717, 1.165) is 37.6 Å². The summed E-state index contributed by atoms with van der Waals surface area (Å²) in [5.41, 5.74) is 9.57. The normalized spacial score (nSPS) is 15.3. The van der Waals surface area contributed by atoms with Crippen molar-refractivity contribution >= 4 is 5.69 Å². The minimum atomic E-state index is 0.786. The van der Waals surface area contributed by atoms with Crippen LogP contribution in [0.15, 0.2) is 36.7 Å². The molecule has 2 heterocycles. The van der Waals surface area contributed by atoms with Crippen molar-refractivity contribution in [1.82, 2.24) is 14.9 Å². The molecule has 1 aromatic heterocycles. The molecular weight excluding hydrogens is 224 g/mol. The first-order valence-corrected chi connectivity index (χ1v) is 6.17. The zero-order valence-corrected chi connectivity index (χ0v) is 10.2. The maximum absolute atomic E-state index is 6.04. The molecule has 18 heavy (non-hydrogen) atoms. The van der Waals surface area contributed by atoms with E-state index in [1.54, 1.807) is 12.4 Å². The molecule has 1 aliphatic heterocycles. The van der Waals surface area contributed by atoms with Crippen molar-refractivity contribution in [2.24, 2.45) is 0 Å². The van der Waals surface area contributed by atoms with Crippen LogP contribution < -0.4 is 5.73 Å². The van der Waals surface area contributed by atoms with Crippen LogP contribution in [0.2, 0.25) is 0 Å². The van der Waals surface area contributed by atoms with Gasteiger partial charge in [-0.05, 0) is 29.7 Å². The lowest BCUT2D eigenvalue weighted by atomic mass is 9.98. The predicted molar refractivity (Wildman–Crippen MR) is 70.7 cm³/mol. The summed E-state index contributed by atoms with van der Waals surface area (Å²) in [6.45, 7) is 2.71. The number of aromatic nitrogens is 2. The van der Waals surface area contributed by atoms with Crippen molar-refractivity contribution in [3.05, 3.63) is 53.6 Å². The maximum Gasteiger partial charge on any atom is 0.142 e. The average molecular weight is 240 g/mol. The summed E-state index contributed by atoms with van der Waals surface area (Å²) in [6.07, 6.45) is 4.62. The lowest BCUT2D eigenvalue weighted by Gasteiger charge is -2.28. The Morgan fingerprint density at radius 2 is 2.00 bits per heavy atom. The van der Waals surface area contributed by atoms with Gasteiger partial charge >= 0.3 is 0 Å². The molecular formula is C14H16N4. The standard InChI is InChI=1S/C14H16N4/c15-13-4-1-3-11-5-8-18(9-12(11)13)10-14-16-6-2-7-17-14/h1-4,6-7H,5,8-10,15H2. The molecule has 1 aromatic carbocycles. The minimum absolute atomic E-state index is 0.786. The average Bonchev–Trinajstić information content (AvgIpc) is 2.41. The summed E-state index contributed by atoms with van der Waals surface area (Å²) < 4.78 is 0. The van der Waals surface area contributed by atoms with Gasteiger partial charge in [0, 0.05) is 31.2 Å². The summed E-state index contributed by atoms with van der Waals surface area (Å²) in [6, 6.07) is 8.01. The van der Waals surface area contributed by atoms with Gasteiger partial charge in [0.15, 0.2) is 0 Å². The first kappa shape index (κ1) is 11.2. The smallest absolute Gasteiger partial charge is 0.142 e. The molecule has 2 N–H and O–H groups in total. The molecule has 0 saturated heterocycles. The number of benzene rings is 1. The van der Waals surface area contributed by atoms with Crippen molar-refractivity contribution in [2.75, 3.05) is 12.3 Å². The van der Waals surface area contributed by atoms with Gasteiger partial charge in [-0.3, -0.25) is 4.90 Å². The third kappa shape index (κ3) is 2.19. The van der Waals surface area contributed by atoms with E-state index in [2.05, 4.69) is 20.9 Å². The summed E-state index contributed by atoms with van der Waals surface area (Å²) in [5, 5.41) is 0. The van der Waals surface area contributed by atoms with Gasteiger partial charge in [0.2, 0.25) is 0 Å². The highest BCUT2D eigenvalue weighted by Crippen LogP contribution is 2.24. The van der Waals surface area contributed by atoms with E-state index in [4.69, 9.17) is 5.73 Å². The molecule has 4 heteroatoms. The van der Waals surface area contributed by atoms with Crippen molar-refractivity contribution in [3.63, 3.8) is 0 Å². The predicted octanol–water partition coefficient (Wildman–Crippen LogP) is 1.62. The molecule has 4 nitrogen and oxygen atoms in total. The van der Waals surface area contributed by atoms with Crippen molar-refractivity contribution in [2.45, 2.75) is 19.5 Å². The Balaban J connectivity index is 1.77. The Hall–Kier alpha value is -1.94. The molecule has 0 spiro atoms. The van der Waals surface area contributed by atoms with Crippen LogP contribution in [0.4, 0.5) is 5.69 Å². The van der Waals surface area contributed by atoms with Crippen LogP contribution >= 0.6 is 0 Å². The number of nitrogens with two attached hydrogens (primary N) is 1. The SMILES string of the molecule is Nc1cccc2c1CN(Cc1ncccn1)CC2. The second-order valence-corrected chi connectivity index (χ2v) is 4.61. The largest absolute Gasteiger partial charge is 0.398 e. The lowest BCUT2D eigenvalue weighted by molar-refractivity contribution is 0.240. The molecule has 0 atom stereocenters. The van der Waals surface area contributed by atoms with Gasteiger partial charge < -0.3 is 5.73 Å². The van der Waals surface area contributed by atoms with Gasteiger partial charge in [-0.1, -0.05) is 12.1 Å². The Morgan fingerprint density at radius 3 is 2.83 bits per heavy atom. The minimum Gasteiger partial charge on any atom is -0.398 e. The Bertz CT molecular complexity index is 539. The first-order valence-electron chi connectivity index (χ1n) is 6.17. The van der Waals surface area contributed by atoms with Crippen molar-refractivity contribution < 1.29 is 0 Å². The fourth-order valence-electron chi connectivity index (χ4n) is 2.41. The van der Waals surface area contributed by atoms with Crippen LogP contribution in [0.5, 0.6) is 0 Å². The molecule has 0 bridgehead atoms. The topological polar surface area (TPSA) is 55.0 Å². The van der Waals surface area contributed by atoms with Crippen LogP contribution in [-0.2, 0) is 19.5 Å². The van der Waals surface area contributed by atoms with Crippen molar-refractivity contribution in [3.8, 4) is 0 Å². The summed E-state index contributed by atoms with van der Waals surface area (Å²) in [7, 11) is 0. The quantitative estimate of drug-likeness (QED) is 0.810. The molecule has 0 saturated carbocycles. The second kappa shape index (κ2) is 4.74. The van der Waals surface area contributed by atoms with E-state index in [1.807, 2.05) is 18.2 Å². The van der Waals surface area contributed by atoms with Gasteiger partial charge in [-0.2, -0.15) is 0 Å². The van der Waals surface area contributed by atoms with E-state index in [9.17, 15) is 0 Å². The lowest BCUT2D eigenvalue weighted by Crippen LogP contribution is -2.31. The highest BCUT2D eigenvalue weighted by atomic mass is 15.1. The third-order valence-electron chi connectivity index (χ3n) is 3.37. The summed E-state index contributed by atoms with van der Waals surface area (Å²) >= 11 is 0. The summed E-state index contributed by atoms with van der Waals surface area (Å²) in [4.78, 5) is 10.9. The Labute approximate surface area is 106 Å². The number of hydrogen-bond donors (Lipinski definition) is 1. The molecule has 92 valence electrons. The fraction of sp³-hybridized carbons (Fsp3) is 0.286. The summed E-state index contributed by atoms with van der Waals surface area (Å²) in [5.74, 6) is 0.871. The number of rotatable bonds is 2. The van der Waals surface area contributed by atoms with E-state index in [-0.39, 0.29) is 0 Å². The zero-order chi connectivity index (χ0) is 12.4. The zero-order valence-electron chi connectivity index (χ0n) is 10.2. The van der Waals surface area contributed by atoms with E-state index in [0.29, 0.717) is 0 Å². The van der Waals surface area contributed by atoms with Gasteiger partial charge in [0.1, 0.15) is 5.82 Å². The number of nitrogen functional groups attached to an aromatic ring is 1. The number of nitrogens with zero attached hydrogens (tertiary/aromatic N) is 3. The highest BCUT2D eigenvalue weighted by molar-refractivity contribution is 5.51. The first-order chi connectivity index (χ1) is 8.83. The van der Waals surface area contributed by atoms with Crippen LogP contribution in [0.3, 0.4) is 0 Å². The maximum atomic E-state index is 6.04. The van der Waals surface area contributed by atoms with Crippen LogP contribution in [0.25, 0.3) is 0 Å². The number of hydrogen-bond acceptors (Lipinski definition) is 4. The molecule has 3 rings (SSSR count). The van der Waals surface area contributed by atoms with E-state index < -0.39 is 0 Å². The third-order valence-corrected chi connectivity index (χ3v) is 3.37. The number of anilines is 1. The second-order valence-electron chi connectivity index (χ2n) is 4.61. The van der Waals surface area contributed by atoms with E-state index in [1.165, 1.54) is 11.1 Å². The van der Waals surface area contributed by atoms with Gasteiger partial charge in [0.25, 0.3) is 0 Å². The molecule has 0 aliphatic carbocycles. The Kier molecular flexibility index (Phi) is 2.94. The van der Waals surface area contributed by atoms with Crippen LogP contribution in [0.1, 0.15) is 17.0 Å². The monoisotopic (exact) mass is 240 g/mol. The molecule has 0 unspecified atom stereocenters. The van der Waals surface area contributed by atoms with Gasteiger partial charge in [-0.25, -0.2) is 9.97 Å². The van der Waals surface area contributed by atoms with Crippen LogP contribution in [0, 0.1) is 0 Å². The fourth-order valence-corrected chi connectivity index (χ4v) is 2.41.